The molecule has 1 aromatic rings. The second kappa shape index (κ2) is 6.43. The predicted molar refractivity (Wildman–Crippen MR) is 70.4 cm³/mol. The molecule has 0 aromatic heterocycles. The monoisotopic (exact) mass is 268 g/mol. The lowest BCUT2D eigenvalue weighted by atomic mass is 9.99. The Hall–Kier alpha value is -1.75. The van der Waals surface area contributed by atoms with Gasteiger partial charge in [-0.05, 0) is 23.6 Å². The summed E-state index contributed by atoms with van der Waals surface area (Å²) in [4.78, 5) is 21.6. The first-order chi connectivity index (χ1) is 8.87. The highest BCUT2D eigenvalue weighted by Crippen LogP contribution is 2.25. The van der Waals surface area contributed by atoms with Gasteiger partial charge in [0.15, 0.2) is 0 Å². The van der Waals surface area contributed by atoms with Crippen LogP contribution in [0.25, 0.3) is 0 Å². The maximum absolute atomic E-state index is 11.9. The summed E-state index contributed by atoms with van der Waals surface area (Å²) >= 11 is 0. The van der Waals surface area contributed by atoms with E-state index in [0.29, 0.717) is 18.1 Å². The van der Waals surface area contributed by atoms with Crippen molar-refractivity contribution in [3.63, 3.8) is 0 Å². The minimum absolute atomic E-state index is 0.0846. The molecule has 0 saturated carbocycles. The van der Waals surface area contributed by atoms with Crippen molar-refractivity contribution < 1.29 is 24.0 Å². The summed E-state index contributed by atoms with van der Waals surface area (Å²) in [7, 11) is 3.00. The summed E-state index contributed by atoms with van der Waals surface area (Å²) in [5, 5.41) is 0. The topological polar surface area (TPSA) is 54.0 Å². The first-order valence-corrected chi connectivity index (χ1v) is 5.93. The van der Waals surface area contributed by atoms with Crippen molar-refractivity contribution in [1.29, 1.82) is 0 Å². The molecule has 0 atom stereocenters. The van der Waals surface area contributed by atoms with Crippen molar-refractivity contribution in [2.75, 3.05) is 20.8 Å². The normalized spacial score (nSPS) is 11.0. The van der Waals surface area contributed by atoms with Gasteiger partial charge in [0.25, 0.3) is 0 Å². The Balaban J connectivity index is 2.75. The summed E-state index contributed by atoms with van der Waals surface area (Å²) in [5.41, 5.74) is 0.175. The second-order valence-corrected chi connectivity index (χ2v) is 5.26. The molecule has 0 saturated heterocycles. The molecular formula is C14H20O5. The van der Waals surface area contributed by atoms with Gasteiger partial charge in [-0.1, -0.05) is 20.8 Å². The first-order valence-electron chi connectivity index (χ1n) is 5.93. The Morgan fingerprint density at radius 3 is 2.37 bits per heavy atom. The molecule has 0 bridgehead atoms. The molecule has 0 fully saturated rings. The molecule has 0 N–H and O–H groups in total. The third-order valence-electron chi connectivity index (χ3n) is 2.25. The summed E-state index contributed by atoms with van der Waals surface area (Å²) in [6, 6.07) is 4.88. The van der Waals surface area contributed by atoms with Crippen LogP contribution in [0.15, 0.2) is 18.2 Å². The lowest BCUT2D eigenvalue weighted by Crippen LogP contribution is -2.17. The molecule has 106 valence electrons. The minimum Gasteiger partial charge on any atom is -0.497 e. The van der Waals surface area contributed by atoms with E-state index >= 15 is 0 Å². The van der Waals surface area contributed by atoms with Gasteiger partial charge in [0.05, 0.1) is 20.8 Å². The van der Waals surface area contributed by atoms with Gasteiger partial charge in [0.2, 0.25) is 0 Å². The third kappa shape index (κ3) is 4.79. The molecule has 19 heavy (non-hydrogen) atoms. The standard InChI is InChI=1S/C14H20O5/c1-14(2,3)9-18-19-13(15)11-8-10(16-4)6-7-12(11)17-5/h6-8H,9H2,1-5H3. The van der Waals surface area contributed by atoms with Crippen LogP contribution in [-0.2, 0) is 9.78 Å². The van der Waals surface area contributed by atoms with Crippen molar-refractivity contribution in [1.82, 2.24) is 0 Å². The first kappa shape index (κ1) is 15.3. The lowest BCUT2D eigenvalue weighted by molar-refractivity contribution is -0.255. The van der Waals surface area contributed by atoms with Crippen LogP contribution < -0.4 is 9.47 Å². The van der Waals surface area contributed by atoms with Crippen LogP contribution in [0.3, 0.4) is 0 Å². The van der Waals surface area contributed by atoms with Crippen molar-refractivity contribution in [3.05, 3.63) is 23.8 Å². The summed E-state index contributed by atoms with van der Waals surface area (Å²) in [6.45, 7) is 6.25. The van der Waals surface area contributed by atoms with Crippen molar-refractivity contribution in [3.8, 4) is 11.5 Å². The Morgan fingerprint density at radius 2 is 1.84 bits per heavy atom. The van der Waals surface area contributed by atoms with E-state index in [0.717, 1.165) is 0 Å². The van der Waals surface area contributed by atoms with Gasteiger partial charge in [-0.3, -0.25) is 4.89 Å². The van der Waals surface area contributed by atoms with E-state index in [-0.39, 0.29) is 11.0 Å². The molecule has 0 aliphatic rings. The highest BCUT2D eigenvalue weighted by Gasteiger charge is 2.18. The van der Waals surface area contributed by atoms with E-state index in [1.54, 1.807) is 18.2 Å². The zero-order valence-electron chi connectivity index (χ0n) is 12.0. The average molecular weight is 268 g/mol. The number of ether oxygens (including phenoxy) is 2. The van der Waals surface area contributed by atoms with E-state index in [2.05, 4.69) is 0 Å². The lowest BCUT2D eigenvalue weighted by Gasteiger charge is -2.16. The fraction of sp³-hybridized carbons (Fsp3) is 0.500. The quantitative estimate of drug-likeness (QED) is 0.607. The van der Waals surface area contributed by atoms with Crippen molar-refractivity contribution >= 4 is 5.97 Å². The van der Waals surface area contributed by atoms with Gasteiger partial charge in [0.1, 0.15) is 17.1 Å². The van der Waals surface area contributed by atoms with Crippen molar-refractivity contribution in [2.24, 2.45) is 5.41 Å². The maximum Gasteiger partial charge on any atom is 0.376 e. The molecule has 0 spiro atoms. The Labute approximate surface area is 113 Å². The molecule has 5 nitrogen and oxygen atoms in total. The summed E-state index contributed by atoms with van der Waals surface area (Å²) in [5.74, 6) is 0.341. The fourth-order valence-corrected chi connectivity index (χ4v) is 1.28. The third-order valence-corrected chi connectivity index (χ3v) is 2.25. The number of hydrogen-bond donors (Lipinski definition) is 0. The number of carbonyl (C=O) groups excluding carboxylic acids is 1. The van der Waals surface area contributed by atoms with Crippen LogP contribution in [0.4, 0.5) is 0 Å². The fourth-order valence-electron chi connectivity index (χ4n) is 1.28. The number of rotatable bonds is 5. The second-order valence-electron chi connectivity index (χ2n) is 5.26. The van der Waals surface area contributed by atoms with Gasteiger partial charge < -0.3 is 9.47 Å². The molecular weight excluding hydrogens is 248 g/mol. The van der Waals surface area contributed by atoms with Gasteiger partial charge in [-0.15, -0.1) is 0 Å². The molecule has 0 unspecified atom stereocenters. The van der Waals surface area contributed by atoms with Crippen LogP contribution in [0.5, 0.6) is 11.5 Å². The Morgan fingerprint density at radius 1 is 1.16 bits per heavy atom. The van der Waals surface area contributed by atoms with Crippen LogP contribution in [-0.4, -0.2) is 26.8 Å². The Bertz CT molecular complexity index is 434. The number of carbonyl (C=O) groups is 1. The van der Waals surface area contributed by atoms with Crippen LogP contribution in [0.2, 0.25) is 0 Å². The predicted octanol–water partition coefficient (Wildman–Crippen LogP) is 2.84. The van der Waals surface area contributed by atoms with Gasteiger partial charge in [0, 0.05) is 0 Å². The largest absolute Gasteiger partial charge is 0.497 e. The van der Waals surface area contributed by atoms with Gasteiger partial charge >= 0.3 is 5.97 Å². The maximum atomic E-state index is 11.9. The van der Waals surface area contributed by atoms with E-state index in [1.807, 2.05) is 20.8 Å². The SMILES string of the molecule is COc1ccc(OC)c(C(=O)OOCC(C)(C)C)c1. The molecule has 0 amide bonds. The van der Waals surface area contributed by atoms with Gasteiger partial charge in [-0.25, -0.2) is 4.79 Å². The summed E-state index contributed by atoms with van der Waals surface area (Å²) < 4.78 is 10.2. The smallest absolute Gasteiger partial charge is 0.376 e. The molecule has 0 aliphatic heterocycles. The zero-order valence-corrected chi connectivity index (χ0v) is 12.0. The molecule has 0 radical (unpaired) electrons. The van der Waals surface area contributed by atoms with Crippen molar-refractivity contribution in [2.45, 2.75) is 20.8 Å². The number of hydrogen-bond acceptors (Lipinski definition) is 5. The van der Waals surface area contributed by atoms with Crippen LogP contribution >= 0.6 is 0 Å². The van der Waals surface area contributed by atoms with E-state index < -0.39 is 5.97 Å². The van der Waals surface area contributed by atoms with E-state index in [4.69, 9.17) is 19.2 Å². The van der Waals surface area contributed by atoms with E-state index in [1.165, 1.54) is 14.2 Å². The van der Waals surface area contributed by atoms with Crippen LogP contribution in [0.1, 0.15) is 31.1 Å². The molecule has 0 aliphatic carbocycles. The molecule has 1 rings (SSSR count). The summed E-state index contributed by atoms with van der Waals surface area (Å²) in [6.07, 6.45) is 0. The van der Waals surface area contributed by atoms with Gasteiger partial charge in [-0.2, -0.15) is 4.89 Å². The van der Waals surface area contributed by atoms with E-state index in [9.17, 15) is 4.79 Å². The molecule has 0 heterocycles. The average Bonchev–Trinajstić information content (AvgIpc) is 2.36. The Kier molecular flexibility index (Phi) is 5.18. The minimum atomic E-state index is -0.611. The molecule has 5 heteroatoms. The number of methoxy groups -OCH3 is 2. The number of benzene rings is 1. The van der Waals surface area contributed by atoms with Crippen LogP contribution in [0, 0.1) is 5.41 Å². The zero-order chi connectivity index (χ0) is 14.5. The highest BCUT2D eigenvalue weighted by molar-refractivity contribution is 5.92. The molecule has 1 aromatic carbocycles. The highest BCUT2D eigenvalue weighted by atomic mass is 17.2.